The van der Waals surface area contributed by atoms with Crippen LogP contribution in [0.4, 0.5) is 0 Å². The zero-order valence-electron chi connectivity index (χ0n) is 10.1. The predicted molar refractivity (Wildman–Crippen MR) is 61.0 cm³/mol. The molecule has 1 aliphatic carbocycles. The fraction of sp³-hybridized carbons (Fsp3) is 0.833. The highest BCUT2D eigenvalue weighted by atomic mass is 16.4. The molecule has 92 valence electrons. The van der Waals surface area contributed by atoms with Gasteiger partial charge in [0.15, 0.2) is 0 Å². The van der Waals surface area contributed by atoms with E-state index in [0.717, 1.165) is 19.3 Å². The molecule has 0 aromatic heterocycles. The van der Waals surface area contributed by atoms with E-state index in [0.29, 0.717) is 12.5 Å². The Morgan fingerprint density at radius 1 is 1.38 bits per heavy atom. The number of nitrogens with zero attached hydrogens (tertiary/aromatic N) is 1. The summed E-state index contributed by atoms with van der Waals surface area (Å²) in [4.78, 5) is 24.0. The molecule has 0 aliphatic heterocycles. The van der Waals surface area contributed by atoms with Gasteiger partial charge < -0.3 is 10.0 Å². The molecule has 2 atom stereocenters. The van der Waals surface area contributed by atoms with Crippen molar-refractivity contribution in [3.05, 3.63) is 0 Å². The van der Waals surface area contributed by atoms with Crippen LogP contribution in [-0.4, -0.2) is 35.5 Å². The molecular formula is C12H21NO3. The third kappa shape index (κ3) is 3.83. The number of hydrogen-bond acceptors (Lipinski definition) is 2. The van der Waals surface area contributed by atoms with Gasteiger partial charge in [-0.25, -0.2) is 0 Å². The van der Waals surface area contributed by atoms with Gasteiger partial charge in [-0.3, -0.25) is 9.59 Å². The molecule has 0 heterocycles. The van der Waals surface area contributed by atoms with Crippen LogP contribution in [0.2, 0.25) is 0 Å². The maximum absolute atomic E-state index is 12.0. The molecule has 0 radical (unpaired) electrons. The van der Waals surface area contributed by atoms with Crippen LogP contribution in [0, 0.1) is 11.8 Å². The van der Waals surface area contributed by atoms with Gasteiger partial charge in [0, 0.05) is 19.5 Å². The first-order valence-electron chi connectivity index (χ1n) is 5.97. The van der Waals surface area contributed by atoms with Crippen molar-refractivity contribution in [3.63, 3.8) is 0 Å². The van der Waals surface area contributed by atoms with E-state index in [2.05, 4.69) is 6.92 Å². The van der Waals surface area contributed by atoms with Crippen LogP contribution in [0.25, 0.3) is 0 Å². The minimum atomic E-state index is -0.850. The number of rotatable bonds is 4. The first-order valence-corrected chi connectivity index (χ1v) is 5.97. The number of amides is 1. The summed E-state index contributed by atoms with van der Waals surface area (Å²) >= 11 is 0. The molecule has 0 aromatic rings. The molecule has 0 aromatic carbocycles. The highest BCUT2D eigenvalue weighted by molar-refractivity contribution is 5.79. The maximum atomic E-state index is 12.0. The lowest BCUT2D eigenvalue weighted by Crippen LogP contribution is -2.36. The molecule has 1 aliphatic rings. The van der Waals surface area contributed by atoms with Gasteiger partial charge in [0.2, 0.25) is 5.91 Å². The van der Waals surface area contributed by atoms with E-state index in [1.165, 1.54) is 6.42 Å². The molecule has 4 nitrogen and oxygen atoms in total. The minimum Gasteiger partial charge on any atom is -0.481 e. The van der Waals surface area contributed by atoms with Crippen LogP contribution in [0.1, 0.15) is 39.0 Å². The molecular weight excluding hydrogens is 206 g/mol. The fourth-order valence-corrected chi connectivity index (χ4v) is 2.34. The van der Waals surface area contributed by atoms with Crippen molar-refractivity contribution in [3.8, 4) is 0 Å². The summed E-state index contributed by atoms with van der Waals surface area (Å²) in [6.07, 6.45) is 4.27. The Morgan fingerprint density at radius 2 is 2.06 bits per heavy atom. The zero-order valence-corrected chi connectivity index (χ0v) is 10.1. The number of hydrogen-bond donors (Lipinski definition) is 1. The van der Waals surface area contributed by atoms with E-state index in [4.69, 9.17) is 5.11 Å². The van der Waals surface area contributed by atoms with Gasteiger partial charge in [-0.05, 0) is 18.8 Å². The third-order valence-electron chi connectivity index (χ3n) is 3.32. The summed E-state index contributed by atoms with van der Waals surface area (Å²) in [7, 11) is 1.70. The number of carbonyl (C=O) groups excluding carboxylic acids is 1. The van der Waals surface area contributed by atoms with Crippen molar-refractivity contribution in [1.82, 2.24) is 4.90 Å². The van der Waals surface area contributed by atoms with E-state index < -0.39 is 5.97 Å². The highest BCUT2D eigenvalue weighted by Crippen LogP contribution is 2.29. The van der Waals surface area contributed by atoms with Crippen LogP contribution in [0.15, 0.2) is 0 Å². The fourth-order valence-electron chi connectivity index (χ4n) is 2.34. The Balaban J connectivity index is 2.40. The third-order valence-corrected chi connectivity index (χ3v) is 3.32. The Bertz CT molecular complexity index is 265. The Kier molecular flexibility index (Phi) is 4.77. The molecule has 1 fully saturated rings. The van der Waals surface area contributed by atoms with E-state index in [1.807, 2.05) is 0 Å². The summed E-state index contributed by atoms with van der Waals surface area (Å²) in [6.45, 7) is 2.50. The lowest BCUT2D eigenvalue weighted by Gasteiger charge is -2.29. The zero-order chi connectivity index (χ0) is 12.1. The van der Waals surface area contributed by atoms with Crippen molar-refractivity contribution in [1.29, 1.82) is 0 Å². The second kappa shape index (κ2) is 5.87. The molecule has 1 rings (SSSR count). The largest absolute Gasteiger partial charge is 0.481 e. The molecule has 1 saturated carbocycles. The van der Waals surface area contributed by atoms with Gasteiger partial charge in [-0.15, -0.1) is 0 Å². The first kappa shape index (κ1) is 13.0. The number of carbonyl (C=O) groups is 2. The molecule has 0 bridgehead atoms. The summed E-state index contributed by atoms with van der Waals surface area (Å²) in [5.74, 6) is 0.00239. The lowest BCUT2D eigenvalue weighted by atomic mass is 9.82. The van der Waals surface area contributed by atoms with E-state index >= 15 is 0 Å². The first-order chi connectivity index (χ1) is 7.50. The van der Waals surface area contributed by atoms with E-state index in [1.54, 1.807) is 11.9 Å². The normalized spacial score (nSPS) is 25.1. The Morgan fingerprint density at radius 3 is 2.62 bits per heavy atom. The molecule has 4 heteroatoms. The van der Waals surface area contributed by atoms with Crippen molar-refractivity contribution in [2.45, 2.75) is 39.0 Å². The Hall–Kier alpha value is -1.06. The summed E-state index contributed by atoms with van der Waals surface area (Å²) < 4.78 is 0. The summed E-state index contributed by atoms with van der Waals surface area (Å²) in [5.41, 5.74) is 0. The van der Waals surface area contributed by atoms with Crippen molar-refractivity contribution in [2.75, 3.05) is 13.6 Å². The van der Waals surface area contributed by atoms with Crippen molar-refractivity contribution < 1.29 is 14.7 Å². The molecule has 2 unspecified atom stereocenters. The molecule has 0 saturated heterocycles. The van der Waals surface area contributed by atoms with Crippen LogP contribution in [0.5, 0.6) is 0 Å². The van der Waals surface area contributed by atoms with Crippen LogP contribution in [0.3, 0.4) is 0 Å². The molecule has 1 N–H and O–H groups in total. The second-order valence-electron chi connectivity index (χ2n) is 4.87. The van der Waals surface area contributed by atoms with Crippen molar-refractivity contribution >= 4 is 11.9 Å². The smallest absolute Gasteiger partial charge is 0.305 e. The Labute approximate surface area is 96.6 Å². The maximum Gasteiger partial charge on any atom is 0.305 e. The SMILES string of the molecule is CC1CCCC(C(=O)N(C)CCC(=O)O)C1. The predicted octanol–water partition coefficient (Wildman–Crippen LogP) is 1.75. The van der Waals surface area contributed by atoms with Gasteiger partial charge in [0.05, 0.1) is 6.42 Å². The van der Waals surface area contributed by atoms with E-state index in [-0.39, 0.29) is 18.2 Å². The average Bonchev–Trinajstić information content (AvgIpc) is 2.24. The van der Waals surface area contributed by atoms with Crippen LogP contribution in [-0.2, 0) is 9.59 Å². The number of aliphatic carboxylic acids is 1. The topological polar surface area (TPSA) is 57.6 Å². The highest BCUT2D eigenvalue weighted by Gasteiger charge is 2.27. The number of carboxylic acids is 1. The van der Waals surface area contributed by atoms with Gasteiger partial charge in [-0.2, -0.15) is 0 Å². The van der Waals surface area contributed by atoms with Crippen molar-refractivity contribution in [2.24, 2.45) is 11.8 Å². The van der Waals surface area contributed by atoms with E-state index in [9.17, 15) is 9.59 Å². The average molecular weight is 227 g/mol. The summed E-state index contributed by atoms with van der Waals surface area (Å²) in [6, 6.07) is 0. The van der Waals surface area contributed by atoms with Gasteiger partial charge in [-0.1, -0.05) is 19.8 Å². The molecule has 0 spiro atoms. The minimum absolute atomic E-state index is 0.0323. The second-order valence-corrected chi connectivity index (χ2v) is 4.87. The number of carboxylic acid groups (broad SMARTS) is 1. The molecule has 1 amide bonds. The quantitative estimate of drug-likeness (QED) is 0.796. The monoisotopic (exact) mass is 227 g/mol. The van der Waals surface area contributed by atoms with Gasteiger partial charge in [0.25, 0.3) is 0 Å². The summed E-state index contributed by atoms with van der Waals surface area (Å²) in [5, 5.41) is 8.56. The standard InChI is InChI=1S/C12H21NO3/c1-9-4-3-5-10(8-9)12(16)13(2)7-6-11(14)15/h9-10H,3-8H2,1-2H3,(H,14,15). The lowest BCUT2D eigenvalue weighted by molar-refractivity contribution is -0.139. The molecule has 16 heavy (non-hydrogen) atoms. The van der Waals surface area contributed by atoms with Gasteiger partial charge in [0.1, 0.15) is 0 Å². The van der Waals surface area contributed by atoms with Crippen LogP contribution >= 0.6 is 0 Å². The van der Waals surface area contributed by atoms with Crippen LogP contribution < -0.4 is 0 Å². The van der Waals surface area contributed by atoms with Gasteiger partial charge >= 0.3 is 5.97 Å².